The average Bonchev–Trinajstić information content (AvgIpc) is 2.57. The number of nitrogens with zero attached hydrogens (tertiary/aromatic N) is 1. The van der Waals surface area contributed by atoms with Crippen LogP contribution >= 0.6 is 11.8 Å². The van der Waals surface area contributed by atoms with E-state index in [2.05, 4.69) is 15.8 Å². The Labute approximate surface area is 145 Å². The van der Waals surface area contributed by atoms with E-state index < -0.39 is 0 Å². The maximum atomic E-state index is 11.7. The van der Waals surface area contributed by atoms with Crippen molar-refractivity contribution in [3.05, 3.63) is 65.7 Å². The fourth-order valence-corrected chi connectivity index (χ4v) is 2.43. The molecule has 0 unspecified atom stereocenters. The van der Waals surface area contributed by atoms with E-state index in [1.807, 2.05) is 61.5 Å². The van der Waals surface area contributed by atoms with E-state index in [0.29, 0.717) is 0 Å². The van der Waals surface area contributed by atoms with Gasteiger partial charge in [0.15, 0.2) is 0 Å². The van der Waals surface area contributed by atoms with Gasteiger partial charge in [0.25, 0.3) is 0 Å². The van der Waals surface area contributed by atoms with E-state index in [9.17, 15) is 9.59 Å². The smallest absolute Gasteiger partial charge is 0.250 e. The van der Waals surface area contributed by atoms with Gasteiger partial charge in [-0.3, -0.25) is 9.59 Å². The topological polar surface area (TPSA) is 70.6 Å². The number of carbonyl (C=O) groups excluding carboxylic acids is 2. The first-order chi connectivity index (χ1) is 11.6. The number of nitrogens with one attached hydrogen (secondary N) is 2. The minimum Gasteiger partial charge on any atom is -0.325 e. The van der Waals surface area contributed by atoms with Crippen LogP contribution in [0.5, 0.6) is 0 Å². The van der Waals surface area contributed by atoms with Crippen molar-refractivity contribution in [2.24, 2.45) is 5.10 Å². The van der Waals surface area contributed by atoms with Crippen LogP contribution in [-0.4, -0.2) is 29.5 Å². The molecule has 0 spiro atoms. The fourth-order valence-electron chi connectivity index (χ4n) is 1.82. The second-order valence-electron chi connectivity index (χ2n) is 5.11. The molecule has 2 N–H and O–H groups in total. The van der Waals surface area contributed by atoms with Gasteiger partial charge in [-0.1, -0.05) is 48.0 Å². The number of amides is 2. The van der Waals surface area contributed by atoms with E-state index in [1.54, 1.807) is 6.21 Å². The molecule has 0 heterocycles. The van der Waals surface area contributed by atoms with E-state index in [-0.39, 0.29) is 23.3 Å². The number of rotatable bonds is 7. The maximum absolute atomic E-state index is 11.7. The van der Waals surface area contributed by atoms with Crippen molar-refractivity contribution in [2.75, 3.05) is 16.8 Å². The molecule has 0 atom stereocenters. The lowest BCUT2D eigenvalue weighted by molar-refractivity contribution is -0.118. The summed E-state index contributed by atoms with van der Waals surface area (Å²) in [7, 11) is 0. The fraction of sp³-hybridized carbons (Fsp3) is 0.167. The molecular weight excluding hydrogens is 322 g/mol. The number of thioether (sulfide) groups is 1. The highest BCUT2D eigenvalue weighted by atomic mass is 32.2. The van der Waals surface area contributed by atoms with Crippen molar-refractivity contribution in [1.82, 2.24) is 5.43 Å². The number of hydrogen-bond donors (Lipinski definition) is 2. The van der Waals surface area contributed by atoms with Gasteiger partial charge in [0.2, 0.25) is 11.8 Å². The second-order valence-corrected chi connectivity index (χ2v) is 6.10. The summed E-state index contributed by atoms with van der Waals surface area (Å²) >= 11 is 1.24. The van der Waals surface area contributed by atoms with Gasteiger partial charge in [-0.2, -0.15) is 5.10 Å². The summed E-state index contributed by atoms with van der Waals surface area (Å²) in [4.78, 5) is 23.4. The monoisotopic (exact) mass is 341 g/mol. The normalized spacial score (nSPS) is 10.5. The summed E-state index contributed by atoms with van der Waals surface area (Å²) in [5.41, 5.74) is 5.27. The zero-order chi connectivity index (χ0) is 17.2. The molecule has 0 aliphatic heterocycles. The molecule has 2 amide bonds. The summed E-state index contributed by atoms with van der Waals surface area (Å²) in [6, 6.07) is 17.0. The summed E-state index contributed by atoms with van der Waals surface area (Å²) in [5, 5.41) is 6.66. The van der Waals surface area contributed by atoms with E-state index in [0.717, 1.165) is 11.3 Å². The molecule has 0 radical (unpaired) electrons. The maximum Gasteiger partial charge on any atom is 0.250 e. The third-order valence-corrected chi connectivity index (χ3v) is 3.94. The van der Waals surface area contributed by atoms with Crippen LogP contribution in [0.4, 0.5) is 5.69 Å². The Morgan fingerprint density at radius 2 is 1.67 bits per heavy atom. The van der Waals surface area contributed by atoms with Gasteiger partial charge in [0.1, 0.15) is 0 Å². The third kappa shape index (κ3) is 6.66. The average molecular weight is 341 g/mol. The van der Waals surface area contributed by atoms with Gasteiger partial charge in [0.05, 0.1) is 17.7 Å². The third-order valence-electron chi connectivity index (χ3n) is 3.00. The molecule has 2 aromatic carbocycles. The molecule has 0 aromatic heterocycles. The lowest BCUT2D eigenvalue weighted by Gasteiger charge is -2.04. The minimum absolute atomic E-state index is 0.137. The first kappa shape index (κ1) is 17.7. The van der Waals surface area contributed by atoms with Gasteiger partial charge in [0, 0.05) is 5.69 Å². The molecule has 0 bridgehead atoms. The van der Waals surface area contributed by atoms with Crippen LogP contribution in [0.2, 0.25) is 0 Å². The Hall–Kier alpha value is -2.60. The zero-order valence-corrected chi connectivity index (χ0v) is 14.2. The molecule has 0 aliphatic carbocycles. The van der Waals surface area contributed by atoms with E-state index in [4.69, 9.17) is 0 Å². The van der Waals surface area contributed by atoms with Crippen molar-refractivity contribution in [3.63, 3.8) is 0 Å². The van der Waals surface area contributed by atoms with Crippen LogP contribution in [0, 0.1) is 6.92 Å². The predicted molar refractivity (Wildman–Crippen MR) is 99.3 cm³/mol. The lowest BCUT2D eigenvalue weighted by Crippen LogP contribution is -2.21. The summed E-state index contributed by atoms with van der Waals surface area (Å²) in [5.74, 6) is 0.00952. The molecule has 0 saturated heterocycles. The molecule has 0 aliphatic rings. The second kappa shape index (κ2) is 9.52. The number of hydrogen-bond acceptors (Lipinski definition) is 4. The largest absolute Gasteiger partial charge is 0.325 e. The van der Waals surface area contributed by atoms with Crippen molar-refractivity contribution in [2.45, 2.75) is 6.92 Å². The number of anilines is 1. The molecule has 5 nitrogen and oxygen atoms in total. The molecule has 124 valence electrons. The first-order valence-electron chi connectivity index (χ1n) is 7.45. The van der Waals surface area contributed by atoms with Crippen LogP contribution in [0.15, 0.2) is 59.7 Å². The molecule has 2 rings (SSSR count). The van der Waals surface area contributed by atoms with Gasteiger partial charge < -0.3 is 5.32 Å². The minimum atomic E-state index is -0.240. The zero-order valence-electron chi connectivity index (χ0n) is 13.4. The molecule has 0 fully saturated rings. The Morgan fingerprint density at radius 1 is 1.00 bits per heavy atom. The summed E-state index contributed by atoms with van der Waals surface area (Å²) in [6.07, 6.45) is 1.59. The Bertz CT molecular complexity index is 700. The van der Waals surface area contributed by atoms with Crippen LogP contribution in [0.3, 0.4) is 0 Å². The number of hydrazone groups is 1. The van der Waals surface area contributed by atoms with E-state index >= 15 is 0 Å². The number of carbonyl (C=O) groups is 2. The Morgan fingerprint density at radius 3 is 2.38 bits per heavy atom. The molecular formula is C18H19N3O2S. The summed E-state index contributed by atoms with van der Waals surface area (Å²) < 4.78 is 0. The van der Waals surface area contributed by atoms with Gasteiger partial charge in [-0.15, -0.1) is 11.8 Å². The van der Waals surface area contributed by atoms with Crippen LogP contribution in [-0.2, 0) is 9.59 Å². The van der Waals surface area contributed by atoms with Gasteiger partial charge >= 0.3 is 0 Å². The predicted octanol–water partition coefficient (Wildman–Crippen LogP) is 2.82. The lowest BCUT2D eigenvalue weighted by atomic mass is 10.2. The number of aryl methyl sites for hydroxylation is 1. The highest BCUT2D eigenvalue weighted by molar-refractivity contribution is 8.00. The summed E-state index contributed by atoms with van der Waals surface area (Å²) in [6.45, 7) is 2.01. The van der Waals surface area contributed by atoms with Crippen molar-refractivity contribution in [1.29, 1.82) is 0 Å². The van der Waals surface area contributed by atoms with Crippen molar-refractivity contribution < 1.29 is 9.59 Å². The molecule has 0 saturated carbocycles. The Balaban J connectivity index is 1.64. The van der Waals surface area contributed by atoms with Gasteiger partial charge in [-0.25, -0.2) is 5.43 Å². The standard InChI is InChI=1S/C18H19N3O2S/c1-14-7-9-15(10-8-14)11-19-21-18(23)13-24-12-17(22)20-16-5-3-2-4-6-16/h2-11H,12-13H2,1H3,(H,20,22)(H,21,23)/b19-11+. The number of para-hydroxylation sites is 1. The highest BCUT2D eigenvalue weighted by Gasteiger charge is 2.05. The first-order valence-corrected chi connectivity index (χ1v) is 8.60. The van der Waals surface area contributed by atoms with Crippen molar-refractivity contribution >= 4 is 35.5 Å². The van der Waals surface area contributed by atoms with E-state index in [1.165, 1.54) is 17.3 Å². The molecule has 6 heteroatoms. The molecule has 24 heavy (non-hydrogen) atoms. The van der Waals surface area contributed by atoms with Gasteiger partial charge in [-0.05, 0) is 24.6 Å². The van der Waals surface area contributed by atoms with Crippen LogP contribution in [0.25, 0.3) is 0 Å². The van der Waals surface area contributed by atoms with Crippen LogP contribution in [0.1, 0.15) is 11.1 Å². The highest BCUT2D eigenvalue weighted by Crippen LogP contribution is 2.07. The van der Waals surface area contributed by atoms with Crippen molar-refractivity contribution in [3.8, 4) is 0 Å². The SMILES string of the molecule is Cc1ccc(/C=N/NC(=O)CSCC(=O)Nc2ccccc2)cc1. The van der Waals surface area contributed by atoms with Crippen LogP contribution < -0.4 is 10.7 Å². The number of benzene rings is 2. The quantitative estimate of drug-likeness (QED) is 0.601. The Kier molecular flexibility index (Phi) is 7.04. The molecule has 2 aromatic rings.